The number of anilines is 1. The third kappa shape index (κ3) is 3.06. The molecule has 4 aromatic rings. The van der Waals surface area contributed by atoms with Gasteiger partial charge < -0.3 is 10.1 Å². The fraction of sp³-hybridized carbons (Fsp3) is 0.0952. The normalized spacial score (nSPS) is 10.8. The van der Waals surface area contributed by atoms with Crippen molar-refractivity contribution in [3.05, 3.63) is 84.6 Å². The van der Waals surface area contributed by atoms with Crippen molar-refractivity contribution in [1.82, 2.24) is 9.38 Å². The molecule has 2 aromatic heterocycles. The van der Waals surface area contributed by atoms with Gasteiger partial charge in [0.2, 0.25) is 0 Å². The first kappa shape index (κ1) is 15.3. The number of rotatable bonds is 5. The zero-order chi connectivity index (χ0) is 17.1. The van der Waals surface area contributed by atoms with E-state index in [1.165, 1.54) is 5.56 Å². The van der Waals surface area contributed by atoms with Gasteiger partial charge in [-0.05, 0) is 29.8 Å². The predicted molar refractivity (Wildman–Crippen MR) is 101 cm³/mol. The van der Waals surface area contributed by atoms with Crippen molar-refractivity contribution in [1.29, 1.82) is 0 Å². The Morgan fingerprint density at radius 2 is 1.68 bits per heavy atom. The molecule has 0 saturated carbocycles. The van der Waals surface area contributed by atoms with Crippen molar-refractivity contribution >= 4 is 11.5 Å². The first-order valence-corrected chi connectivity index (χ1v) is 8.24. The van der Waals surface area contributed by atoms with Gasteiger partial charge in [-0.2, -0.15) is 0 Å². The highest BCUT2D eigenvalue weighted by Gasteiger charge is 2.13. The summed E-state index contributed by atoms with van der Waals surface area (Å²) in [7, 11) is 1.68. The summed E-state index contributed by atoms with van der Waals surface area (Å²) in [4.78, 5) is 4.80. The van der Waals surface area contributed by atoms with Crippen LogP contribution in [0.15, 0.2) is 79.0 Å². The van der Waals surface area contributed by atoms with Gasteiger partial charge in [0.1, 0.15) is 22.9 Å². The third-order valence-corrected chi connectivity index (χ3v) is 4.20. The number of hydrogen-bond acceptors (Lipinski definition) is 3. The molecule has 0 radical (unpaired) electrons. The molecule has 25 heavy (non-hydrogen) atoms. The van der Waals surface area contributed by atoms with E-state index in [0.29, 0.717) is 6.54 Å². The largest absolute Gasteiger partial charge is 0.497 e. The van der Waals surface area contributed by atoms with Gasteiger partial charge in [0.25, 0.3) is 0 Å². The number of methoxy groups -OCH3 is 1. The first-order valence-electron chi connectivity index (χ1n) is 8.24. The van der Waals surface area contributed by atoms with E-state index < -0.39 is 0 Å². The summed E-state index contributed by atoms with van der Waals surface area (Å²) in [6, 6.07) is 24.4. The topological polar surface area (TPSA) is 38.6 Å². The van der Waals surface area contributed by atoms with E-state index in [1.807, 2.05) is 54.7 Å². The number of imidazole rings is 1. The number of benzene rings is 2. The van der Waals surface area contributed by atoms with E-state index in [9.17, 15) is 0 Å². The van der Waals surface area contributed by atoms with Crippen LogP contribution in [-0.4, -0.2) is 16.5 Å². The van der Waals surface area contributed by atoms with Crippen LogP contribution in [0.3, 0.4) is 0 Å². The molecule has 4 rings (SSSR count). The van der Waals surface area contributed by atoms with Crippen molar-refractivity contribution in [3.8, 4) is 17.0 Å². The molecule has 4 heteroatoms. The Kier molecular flexibility index (Phi) is 4.09. The molecule has 2 aromatic carbocycles. The predicted octanol–water partition coefficient (Wildman–Crippen LogP) is 4.62. The maximum Gasteiger partial charge on any atom is 0.139 e. The van der Waals surface area contributed by atoms with Crippen LogP contribution in [0, 0.1) is 0 Å². The molecule has 0 bridgehead atoms. The second-order valence-electron chi connectivity index (χ2n) is 5.81. The standard InChI is InChI=1S/C21H19N3O/c1-25-18-12-10-16(11-13-18)15-22-21-20(17-7-3-2-4-8-17)23-19-9-5-6-14-24(19)21/h2-14,22H,15H2,1H3. The molecule has 0 amide bonds. The summed E-state index contributed by atoms with van der Waals surface area (Å²) < 4.78 is 7.31. The van der Waals surface area contributed by atoms with Crippen LogP contribution in [0.4, 0.5) is 5.82 Å². The molecule has 0 atom stereocenters. The second kappa shape index (κ2) is 6.69. The molecule has 0 aliphatic heterocycles. The van der Waals surface area contributed by atoms with Crippen molar-refractivity contribution in [2.24, 2.45) is 0 Å². The average Bonchev–Trinajstić information content (AvgIpc) is 3.06. The monoisotopic (exact) mass is 329 g/mol. The summed E-state index contributed by atoms with van der Waals surface area (Å²) in [6.45, 7) is 0.715. The molecule has 0 spiro atoms. The Bertz CT molecular complexity index is 975. The summed E-state index contributed by atoms with van der Waals surface area (Å²) in [5.74, 6) is 1.86. The van der Waals surface area contributed by atoms with E-state index in [0.717, 1.165) is 28.5 Å². The van der Waals surface area contributed by atoms with Crippen molar-refractivity contribution in [3.63, 3.8) is 0 Å². The van der Waals surface area contributed by atoms with Crippen molar-refractivity contribution < 1.29 is 4.74 Å². The minimum absolute atomic E-state index is 0.715. The quantitative estimate of drug-likeness (QED) is 0.580. The Labute approximate surface area is 146 Å². The molecular formula is C21H19N3O. The lowest BCUT2D eigenvalue weighted by Crippen LogP contribution is -2.03. The molecule has 1 N–H and O–H groups in total. The van der Waals surface area contributed by atoms with Crippen molar-refractivity contribution in [2.75, 3.05) is 12.4 Å². The lowest BCUT2D eigenvalue weighted by molar-refractivity contribution is 0.414. The van der Waals surface area contributed by atoms with Crippen LogP contribution >= 0.6 is 0 Å². The lowest BCUT2D eigenvalue weighted by Gasteiger charge is -2.09. The number of ether oxygens (including phenoxy) is 1. The Morgan fingerprint density at radius 1 is 0.920 bits per heavy atom. The van der Waals surface area contributed by atoms with E-state index in [-0.39, 0.29) is 0 Å². The molecule has 0 unspecified atom stereocenters. The minimum atomic E-state index is 0.715. The fourth-order valence-electron chi connectivity index (χ4n) is 2.89. The second-order valence-corrected chi connectivity index (χ2v) is 5.81. The smallest absolute Gasteiger partial charge is 0.139 e. The van der Waals surface area contributed by atoms with Gasteiger partial charge in [0, 0.05) is 18.3 Å². The van der Waals surface area contributed by atoms with Gasteiger partial charge in [-0.15, -0.1) is 0 Å². The van der Waals surface area contributed by atoms with E-state index in [1.54, 1.807) is 7.11 Å². The number of hydrogen-bond donors (Lipinski definition) is 1. The fourth-order valence-corrected chi connectivity index (χ4v) is 2.89. The third-order valence-electron chi connectivity index (χ3n) is 4.20. The minimum Gasteiger partial charge on any atom is -0.497 e. The van der Waals surface area contributed by atoms with Gasteiger partial charge in [-0.3, -0.25) is 4.40 Å². The zero-order valence-electron chi connectivity index (χ0n) is 14.0. The van der Waals surface area contributed by atoms with Crippen LogP contribution in [0.5, 0.6) is 5.75 Å². The Morgan fingerprint density at radius 3 is 2.44 bits per heavy atom. The molecule has 124 valence electrons. The average molecular weight is 329 g/mol. The van der Waals surface area contributed by atoms with Gasteiger partial charge in [0.15, 0.2) is 0 Å². The lowest BCUT2D eigenvalue weighted by atomic mass is 10.1. The number of nitrogens with one attached hydrogen (secondary N) is 1. The highest BCUT2D eigenvalue weighted by atomic mass is 16.5. The van der Waals surface area contributed by atoms with Crippen LogP contribution in [0.1, 0.15) is 5.56 Å². The molecule has 0 fully saturated rings. The SMILES string of the molecule is COc1ccc(CNc2c(-c3ccccc3)nc3ccccn23)cc1. The summed E-state index contributed by atoms with van der Waals surface area (Å²) in [5.41, 5.74) is 4.17. The van der Waals surface area contributed by atoms with Gasteiger partial charge in [0.05, 0.1) is 7.11 Å². The number of aromatic nitrogens is 2. The molecule has 0 aliphatic carbocycles. The summed E-state index contributed by atoms with van der Waals surface area (Å²) >= 11 is 0. The maximum atomic E-state index is 5.22. The van der Waals surface area contributed by atoms with Crippen LogP contribution < -0.4 is 10.1 Å². The van der Waals surface area contributed by atoms with Gasteiger partial charge in [-0.1, -0.05) is 48.5 Å². The molecule has 2 heterocycles. The van der Waals surface area contributed by atoms with Gasteiger partial charge in [-0.25, -0.2) is 4.98 Å². The van der Waals surface area contributed by atoms with Crippen LogP contribution in [0.2, 0.25) is 0 Å². The van der Waals surface area contributed by atoms with Crippen molar-refractivity contribution in [2.45, 2.75) is 6.54 Å². The molecule has 4 nitrogen and oxygen atoms in total. The Balaban J connectivity index is 1.69. The molecule has 0 aliphatic rings. The number of pyridine rings is 1. The highest BCUT2D eigenvalue weighted by molar-refractivity contribution is 5.76. The maximum absolute atomic E-state index is 5.22. The molecular weight excluding hydrogens is 310 g/mol. The zero-order valence-corrected chi connectivity index (χ0v) is 14.0. The number of nitrogens with zero attached hydrogens (tertiary/aromatic N) is 2. The number of fused-ring (bicyclic) bond motifs is 1. The van der Waals surface area contributed by atoms with Crippen LogP contribution in [0.25, 0.3) is 16.9 Å². The van der Waals surface area contributed by atoms with E-state index in [4.69, 9.17) is 9.72 Å². The molecule has 0 saturated heterocycles. The van der Waals surface area contributed by atoms with E-state index in [2.05, 4.69) is 34.0 Å². The Hall–Kier alpha value is -3.27. The van der Waals surface area contributed by atoms with E-state index >= 15 is 0 Å². The highest BCUT2D eigenvalue weighted by Crippen LogP contribution is 2.29. The van der Waals surface area contributed by atoms with Crippen LogP contribution in [-0.2, 0) is 6.54 Å². The summed E-state index contributed by atoms with van der Waals surface area (Å²) in [5, 5.41) is 3.55. The van der Waals surface area contributed by atoms with Gasteiger partial charge >= 0.3 is 0 Å². The first-order chi connectivity index (χ1) is 12.3. The summed E-state index contributed by atoms with van der Waals surface area (Å²) in [6.07, 6.45) is 2.03.